The molecule has 1 aromatic carbocycles. The third kappa shape index (κ3) is 3.84. The number of rotatable bonds is 4. The number of nitrogens with zero attached hydrogens (tertiary/aromatic N) is 1. The van der Waals surface area contributed by atoms with Gasteiger partial charge < -0.3 is 9.72 Å². The highest BCUT2D eigenvalue weighted by atomic mass is 19.4. The molecule has 2 rings (SSSR count). The van der Waals surface area contributed by atoms with E-state index in [1.165, 1.54) is 0 Å². The molecule has 1 N–H and O–H groups in total. The highest BCUT2D eigenvalue weighted by Crippen LogP contribution is 2.27. The van der Waals surface area contributed by atoms with Crippen LogP contribution in [-0.2, 0) is 6.18 Å². The Hall–Kier alpha value is -2.31. The first-order chi connectivity index (χ1) is 9.90. The fraction of sp³-hybridized carbons (Fsp3) is 0.286. The molecule has 0 saturated carbocycles. The lowest BCUT2D eigenvalue weighted by Gasteiger charge is -2.08. The van der Waals surface area contributed by atoms with E-state index in [1.807, 2.05) is 6.92 Å². The van der Waals surface area contributed by atoms with Gasteiger partial charge in [0.15, 0.2) is 0 Å². The topological polar surface area (TPSA) is 55.0 Å². The molecule has 7 heteroatoms. The molecule has 112 valence electrons. The first-order valence-electron chi connectivity index (χ1n) is 6.32. The molecule has 4 nitrogen and oxygen atoms in total. The minimum atomic E-state index is -4.70. The number of nitrogens with one attached hydrogen (secondary N) is 1. The number of ether oxygens (including phenoxy) is 1. The monoisotopic (exact) mass is 298 g/mol. The second kappa shape index (κ2) is 5.99. The van der Waals surface area contributed by atoms with E-state index in [9.17, 15) is 18.0 Å². The molecule has 2 aromatic rings. The summed E-state index contributed by atoms with van der Waals surface area (Å²) in [6, 6.07) is 7.40. The van der Waals surface area contributed by atoms with Crippen molar-refractivity contribution in [3.05, 3.63) is 46.5 Å². The van der Waals surface area contributed by atoms with Crippen LogP contribution in [0.1, 0.15) is 19.2 Å². The maximum absolute atomic E-state index is 12.6. The zero-order chi connectivity index (χ0) is 15.5. The minimum absolute atomic E-state index is 0.0342. The van der Waals surface area contributed by atoms with Crippen molar-refractivity contribution in [1.29, 1.82) is 0 Å². The van der Waals surface area contributed by atoms with Gasteiger partial charge in [-0.1, -0.05) is 6.92 Å². The Balaban J connectivity index is 2.33. The zero-order valence-electron chi connectivity index (χ0n) is 11.2. The summed E-state index contributed by atoms with van der Waals surface area (Å²) in [5, 5.41) is 0. The molecular formula is C14H13F3N2O2. The fourth-order valence-electron chi connectivity index (χ4n) is 1.68. The van der Waals surface area contributed by atoms with Gasteiger partial charge in [0.05, 0.1) is 12.3 Å². The van der Waals surface area contributed by atoms with Crippen molar-refractivity contribution in [2.75, 3.05) is 6.61 Å². The van der Waals surface area contributed by atoms with Gasteiger partial charge in [-0.15, -0.1) is 0 Å². The zero-order valence-corrected chi connectivity index (χ0v) is 11.2. The second-order valence-electron chi connectivity index (χ2n) is 4.35. The molecule has 0 unspecified atom stereocenters. The van der Waals surface area contributed by atoms with Gasteiger partial charge in [-0.3, -0.25) is 4.79 Å². The van der Waals surface area contributed by atoms with Gasteiger partial charge in [0.2, 0.25) is 5.82 Å². The number of hydrogen-bond acceptors (Lipinski definition) is 3. The molecule has 0 aliphatic carbocycles. The number of hydrogen-bond donors (Lipinski definition) is 1. The van der Waals surface area contributed by atoms with E-state index in [0.29, 0.717) is 17.9 Å². The van der Waals surface area contributed by atoms with Crippen LogP contribution in [0.25, 0.3) is 11.3 Å². The van der Waals surface area contributed by atoms with E-state index < -0.39 is 17.6 Å². The van der Waals surface area contributed by atoms with Crippen molar-refractivity contribution in [3.63, 3.8) is 0 Å². The van der Waals surface area contributed by atoms with E-state index in [-0.39, 0.29) is 5.69 Å². The summed E-state index contributed by atoms with van der Waals surface area (Å²) < 4.78 is 43.2. The summed E-state index contributed by atoms with van der Waals surface area (Å²) >= 11 is 0. The predicted octanol–water partition coefficient (Wildman–Crippen LogP) is 3.24. The van der Waals surface area contributed by atoms with E-state index >= 15 is 0 Å². The molecule has 0 spiro atoms. The number of aromatic nitrogens is 2. The van der Waals surface area contributed by atoms with Crippen molar-refractivity contribution in [1.82, 2.24) is 9.97 Å². The molecule has 1 heterocycles. The summed E-state index contributed by atoms with van der Waals surface area (Å²) in [4.78, 5) is 16.4. The Labute approximate surface area is 118 Å². The molecule has 0 radical (unpaired) electrons. The third-order valence-corrected chi connectivity index (χ3v) is 2.63. The summed E-state index contributed by atoms with van der Waals surface area (Å²) in [6.07, 6.45) is -3.84. The molecule has 0 amide bonds. The van der Waals surface area contributed by atoms with Gasteiger partial charge in [0.25, 0.3) is 5.56 Å². The molecule has 0 aliphatic heterocycles. The molecule has 0 bridgehead atoms. The van der Waals surface area contributed by atoms with E-state index in [0.717, 1.165) is 12.5 Å². The van der Waals surface area contributed by atoms with Gasteiger partial charge in [-0.2, -0.15) is 13.2 Å². The predicted molar refractivity (Wildman–Crippen MR) is 71.1 cm³/mol. The molecule has 1 aromatic heterocycles. The molecule has 0 fully saturated rings. The number of aromatic amines is 1. The molecule has 0 atom stereocenters. The Morgan fingerprint density at radius 1 is 1.24 bits per heavy atom. The molecule has 21 heavy (non-hydrogen) atoms. The smallest absolute Gasteiger partial charge is 0.449 e. The lowest BCUT2D eigenvalue weighted by atomic mass is 10.1. The van der Waals surface area contributed by atoms with Gasteiger partial charge in [-0.05, 0) is 30.7 Å². The number of alkyl halides is 3. The van der Waals surface area contributed by atoms with Crippen LogP contribution < -0.4 is 10.3 Å². The minimum Gasteiger partial charge on any atom is -0.494 e. The molecule has 0 saturated heterocycles. The van der Waals surface area contributed by atoms with Crippen LogP contribution in [0.2, 0.25) is 0 Å². The Kier molecular flexibility index (Phi) is 4.30. The fourth-order valence-corrected chi connectivity index (χ4v) is 1.68. The van der Waals surface area contributed by atoms with Crippen LogP contribution in [-0.4, -0.2) is 16.6 Å². The van der Waals surface area contributed by atoms with E-state index in [2.05, 4.69) is 4.98 Å². The van der Waals surface area contributed by atoms with E-state index in [4.69, 9.17) is 4.74 Å². The summed E-state index contributed by atoms with van der Waals surface area (Å²) in [6.45, 7) is 2.52. The van der Waals surface area contributed by atoms with Crippen molar-refractivity contribution in [3.8, 4) is 17.0 Å². The quantitative estimate of drug-likeness (QED) is 0.942. The Morgan fingerprint density at radius 3 is 2.48 bits per heavy atom. The standard InChI is InChI=1S/C14H13F3N2O2/c1-2-7-21-10-5-3-9(4-6-10)11-8-12(20)19-13(18-11)14(15,16)17/h3-6,8H,2,7H2,1H3,(H,18,19,20). The second-order valence-corrected chi connectivity index (χ2v) is 4.35. The van der Waals surface area contributed by atoms with Crippen LogP contribution in [0.4, 0.5) is 13.2 Å². The van der Waals surface area contributed by atoms with Gasteiger partial charge >= 0.3 is 6.18 Å². The number of halogens is 3. The van der Waals surface area contributed by atoms with Crippen molar-refractivity contribution in [2.45, 2.75) is 19.5 Å². The van der Waals surface area contributed by atoms with Crippen LogP contribution in [0.5, 0.6) is 5.75 Å². The van der Waals surface area contributed by atoms with Gasteiger partial charge in [0.1, 0.15) is 5.75 Å². The van der Waals surface area contributed by atoms with Crippen molar-refractivity contribution < 1.29 is 17.9 Å². The lowest BCUT2D eigenvalue weighted by Crippen LogP contribution is -2.18. The highest BCUT2D eigenvalue weighted by Gasteiger charge is 2.34. The maximum Gasteiger partial charge on any atom is 0.449 e. The average molecular weight is 298 g/mol. The first kappa shape index (κ1) is 15.1. The molecular weight excluding hydrogens is 285 g/mol. The first-order valence-corrected chi connectivity index (χ1v) is 6.32. The highest BCUT2D eigenvalue weighted by molar-refractivity contribution is 5.59. The van der Waals surface area contributed by atoms with Crippen LogP contribution in [0.3, 0.4) is 0 Å². The number of H-pyrrole nitrogens is 1. The van der Waals surface area contributed by atoms with Crippen molar-refractivity contribution in [2.24, 2.45) is 0 Å². The van der Waals surface area contributed by atoms with Crippen molar-refractivity contribution >= 4 is 0 Å². The average Bonchev–Trinajstić information content (AvgIpc) is 2.44. The largest absolute Gasteiger partial charge is 0.494 e. The maximum atomic E-state index is 12.6. The summed E-state index contributed by atoms with van der Waals surface area (Å²) in [5.74, 6) is -0.696. The molecule has 0 aliphatic rings. The van der Waals surface area contributed by atoms with E-state index in [1.54, 1.807) is 29.2 Å². The summed E-state index contributed by atoms with van der Waals surface area (Å²) in [7, 11) is 0. The number of benzene rings is 1. The van der Waals surface area contributed by atoms with Gasteiger partial charge in [0, 0.05) is 11.6 Å². The third-order valence-electron chi connectivity index (χ3n) is 2.63. The Bertz CT molecular complexity index is 663. The summed E-state index contributed by atoms with van der Waals surface area (Å²) in [5.41, 5.74) is -0.470. The lowest BCUT2D eigenvalue weighted by molar-refractivity contribution is -0.145. The van der Waals surface area contributed by atoms with Crippen LogP contribution in [0, 0.1) is 0 Å². The van der Waals surface area contributed by atoms with Crippen LogP contribution >= 0.6 is 0 Å². The SMILES string of the molecule is CCCOc1ccc(-c2cc(=O)[nH]c(C(F)(F)F)n2)cc1. The normalized spacial score (nSPS) is 11.4. The Morgan fingerprint density at radius 2 is 1.90 bits per heavy atom. The van der Waals surface area contributed by atoms with Gasteiger partial charge in [-0.25, -0.2) is 4.98 Å². The van der Waals surface area contributed by atoms with Crippen LogP contribution in [0.15, 0.2) is 35.1 Å².